The lowest BCUT2D eigenvalue weighted by molar-refractivity contribution is 0.299. The minimum Gasteiger partial charge on any atom is -0.497 e. The summed E-state index contributed by atoms with van der Waals surface area (Å²) in [5.41, 5.74) is 1.24. The van der Waals surface area contributed by atoms with E-state index in [9.17, 15) is 13.6 Å². The Bertz CT molecular complexity index is 1230. The summed E-state index contributed by atoms with van der Waals surface area (Å²) in [5, 5.41) is 0.718. The van der Waals surface area contributed by atoms with Crippen molar-refractivity contribution in [2.75, 3.05) is 7.11 Å². The van der Waals surface area contributed by atoms with Crippen molar-refractivity contribution in [3.63, 3.8) is 0 Å². The molecular formula is C23H16F2O4. The van der Waals surface area contributed by atoms with Crippen LogP contribution in [-0.4, -0.2) is 7.11 Å². The van der Waals surface area contributed by atoms with Gasteiger partial charge in [-0.05, 0) is 48.0 Å². The molecular weight excluding hydrogens is 378 g/mol. The van der Waals surface area contributed by atoms with Gasteiger partial charge in [0.05, 0.1) is 12.7 Å². The van der Waals surface area contributed by atoms with Gasteiger partial charge in [-0.1, -0.05) is 12.1 Å². The highest BCUT2D eigenvalue weighted by atomic mass is 19.1. The lowest BCUT2D eigenvalue weighted by atomic mass is 10.1. The van der Waals surface area contributed by atoms with Crippen molar-refractivity contribution in [1.29, 1.82) is 0 Å². The Hall–Kier alpha value is -3.67. The molecule has 0 radical (unpaired) electrons. The molecule has 4 nitrogen and oxygen atoms in total. The summed E-state index contributed by atoms with van der Waals surface area (Å²) in [5.74, 6) is -0.229. The Labute approximate surface area is 164 Å². The Morgan fingerprint density at radius 3 is 2.38 bits per heavy atom. The van der Waals surface area contributed by atoms with E-state index in [4.69, 9.17) is 13.9 Å². The van der Waals surface area contributed by atoms with Crippen LogP contribution in [0.3, 0.4) is 0 Å². The number of ether oxygens (including phenoxy) is 2. The molecule has 0 spiro atoms. The van der Waals surface area contributed by atoms with E-state index in [0.717, 1.165) is 11.5 Å². The Balaban J connectivity index is 1.60. The third-order valence-corrected chi connectivity index (χ3v) is 4.52. The van der Waals surface area contributed by atoms with Gasteiger partial charge in [0.2, 0.25) is 0 Å². The Kier molecular flexibility index (Phi) is 4.99. The zero-order valence-electron chi connectivity index (χ0n) is 15.4. The normalized spacial score (nSPS) is 10.9. The molecule has 0 saturated carbocycles. The number of halogens is 2. The van der Waals surface area contributed by atoms with Crippen molar-refractivity contribution in [1.82, 2.24) is 0 Å². The van der Waals surface area contributed by atoms with Gasteiger partial charge >= 0.3 is 5.63 Å². The molecule has 0 saturated heterocycles. The van der Waals surface area contributed by atoms with Crippen molar-refractivity contribution >= 4 is 11.0 Å². The summed E-state index contributed by atoms with van der Waals surface area (Å²) < 4.78 is 42.8. The topological polar surface area (TPSA) is 48.7 Å². The third kappa shape index (κ3) is 3.96. The van der Waals surface area contributed by atoms with Crippen LogP contribution in [0.2, 0.25) is 0 Å². The first kappa shape index (κ1) is 18.7. The smallest absolute Gasteiger partial charge is 0.344 e. The fourth-order valence-electron chi connectivity index (χ4n) is 2.95. The zero-order chi connectivity index (χ0) is 20.4. The molecule has 29 heavy (non-hydrogen) atoms. The lowest BCUT2D eigenvalue weighted by Gasteiger charge is -2.09. The molecule has 0 atom stereocenters. The standard InChI is InChI=1S/C23H16F2O4/c1-27-18-7-3-14(4-8-18)20-10-15-5-9-19(12-22(15)29-23(20)26)28-13-16-2-6-17(24)11-21(16)25/h2-12H,13H2,1H3. The summed E-state index contributed by atoms with van der Waals surface area (Å²) in [4.78, 5) is 12.4. The number of hydrogen-bond donors (Lipinski definition) is 0. The Morgan fingerprint density at radius 1 is 0.897 bits per heavy atom. The van der Waals surface area contributed by atoms with Gasteiger partial charge in [0.1, 0.15) is 35.3 Å². The van der Waals surface area contributed by atoms with Gasteiger partial charge < -0.3 is 13.9 Å². The van der Waals surface area contributed by atoms with E-state index >= 15 is 0 Å². The van der Waals surface area contributed by atoms with E-state index in [0.29, 0.717) is 28.2 Å². The van der Waals surface area contributed by atoms with Gasteiger partial charge in [-0.15, -0.1) is 0 Å². The van der Waals surface area contributed by atoms with Crippen molar-refractivity contribution in [2.24, 2.45) is 0 Å². The first-order valence-electron chi connectivity index (χ1n) is 8.82. The molecule has 3 aromatic carbocycles. The highest BCUT2D eigenvalue weighted by Crippen LogP contribution is 2.26. The van der Waals surface area contributed by atoms with Crippen LogP contribution < -0.4 is 15.1 Å². The number of methoxy groups -OCH3 is 1. The molecule has 0 bridgehead atoms. The third-order valence-electron chi connectivity index (χ3n) is 4.52. The molecule has 6 heteroatoms. The Morgan fingerprint density at radius 2 is 1.66 bits per heavy atom. The fourth-order valence-corrected chi connectivity index (χ4v) is 2.95. The summed E-state index contributed by atoms with van der Waals surface area (Å²) >= 11 is 0. The highest BCUT2D eigenvalue weighted by molar-refractivity contribution is 5.82. The first-order chi connectivity index (χ1) is 14.0. The highest BCUT2D eigenvalue weighted by Gasteiger charge is 2.10. The van der Waals surface area contributed by atoms with Crippen LogP contribution in [0.15, 0.2) is 75.9 Å². The second kappa shape index (κ2) is 7.75. The van der Waals surface area contributed by atoms with Crippen molar-refractivity contribution in [3.05, 3.63) is 94.3 Å². The summed E-state index contributed by atoms with van der Waals surface area (Å²) in [6.45, 7) is -0.0776. The fraction of sp³-hybridized carbons (Fsp3) is 0.0870. The van der Waals surface area contributed by atoms with Crippen LogP contribution in [0, 0.1) is 11.6 Å². The number of hydrogen-bond acceptors (Lipinski definition) is 4. The van der Waals surface area contributed by atoms with Crippen LogP contribution >= 0.6 is 0 Å². The van der Waals surface area contributed by atoms with Gasteiger partial charge in [0.25, 0.3) is 0 Å². The van der Waals surface area contributed by atoms with E-state index < -0.39 is 17.3 Å². The van der Waals surface area contributed by atoms with Gasteiger partial charge in [-0.3, -0.25) is 0 Å². The van der Waals surface area contributed by atoms with Crippen LogP contribution in [0.4, 0.5) is 8.78 Å². The lowest BCUT2D eigenvalue weighted by Crippen LogP contribution is -2.03. The summed E-state index contributed by atoms with van der Waals surface area (Å²) in [6.07, 6.45) is 0. The summed E-state index contributed by atoms with van der Waals surface area (Å²) in [7, 11) is 1.57. The average Bonchev–Trinajstić information content (AvgIpc) is 2.72. The van der Waals surface area contributed by atoms with Gasteiger partial charge in [0.15, 0.2) is 0 Å². The van der Waals surface area contributed by atoms with E-state index in [-0.39, 0.29) is 12.2 Å². The predicted molar refractivity (Wildman–Crippen MR) is 105 cm³/mol. The molecule has 1 heterocycles. The van der Waals surface area contributed by atoms with Crippen molar-refractivity contribution in [2.45, 2.75) is 6.61 Å². The molecule has 0 amide bonds. The average molecular weight is 394 g/mol. The molecule has 146 valence electrons. The van der Waals surface area contributed by atoms with Crippen LogP contribution in [-0.2, 0) is 6.61 Å². The molecule has 0 unspecified atom stereocenters. The van der Waals surface area contributed by atoms with E-state index in [1.54, 1.807) is 55.6 Å². The molecule has 0 aliphatic carbocycles. The molecule has 0 aliphatic rings. The largest absolute Gasteiger partial charge is 0.497 e. The summed E-state index contributed by atoms with van der Waals surface area (Å²) in [6, 6.07) is 17.2. The monoisotopic (exact) mass is 394 g/mol. The molecule has 4 rings (SSSR count). The van der Waals surface area contributed by atoms with E-state index in [2.05, 4.69) is 0 Å². The molecule has 0 N–H and O–H groups in total. The van der Waals surface area contributed by atoms with Crippen molar-refractivity contribution < 1.29 is 22.7 Å². The van der Waals surface area contributed by atoms with Crippen LogP contribution in [0.1, 0.15) is 5.56 Å². The number of fused-ring (bicyclic) bond motifs is 1. The van der Waals surface area contributed by atoms with Crippen LogP contribution in [0.25, 0.3) is 22.1 Å². The minimum atomic E-state index is -0.679. The quantitative estimate of drug-likeness (QED) is 0.430. The van der Waals surface area contributed by atoms with Crippen LogP contribution in [0.5, 0.6) is 11.5 Å². The van der Waals surface area contributed by atoms with Gasteiger partial charge in [-0.25, -0.2) is 13.6 Å². The first-order valence-corrected chi connectivity index (χ1v) is 8.82. The predicted octanol–water partition coefficient (Wildman–Crippen LogP) is 5.33. The second-order valence-corrected chi connectivity index (χ2v) is 6.40. The molecule has 0 fully saturated rings. The SMILES string of the molecule is COc1ccc(-c2cc3ccc(OCc4ccc(F)cc4F)cc3oc2=O)cc1. The van der Waals surface area contributed by atoms with Gasteiger partial charge in [-0.2, -0.15) is 0 Å². The van der Waals surface area contributed by atoms with Gasteiger partial charge in [0, 0.05) is 23.1 Å². The maximum atomic E-state index is 13.7. The molecule has 1 aromatic heterocycles. The maximum absolute atomic E-state index is 13.7. The second-order valence-electron chi connectivity index (χ2n) is 6.40. The zero-order valence-corrected chi connectivity index (χ0v) is 15.4. The molecule has 0 aliphatic heterocycles. The number of rotatable bonds is 5. The van der Waals surface area contributed by atoms with Crippen molar-refractivity contribution in [3.8, 4) is 22.6 Å². The van der Waals surface area contributed by atoms with E-state index in [1.165, 1.54) is 12.1 Å². The van der Waals surface area contributed by atoms with E-state index in [1.807, 2.05) is 0 Å². The maximum Gasteiger partial charge on any atom is 0.344 e. The molecule has 4 aromatic rings. The number of benzene rings is 3. The minimum absolute atomic E-state index is 0.0776.